The molecule has 8 nitrogen and oxygen atoms in total. The van der Waals surface area contributed by atoms with Crippen LogP contribution in [0, 0.1) is 5.92 Å². The molecule has 2 rings (SSSR count). The predicted octanol–water partition coefficient (Wildman–Crippen LogP) is -0.913. The van der Waals surface area contributed by atoms with Crippen LogP contribution >= 0.6 is 0 Å². The highest BCUT2D eigenvalue weighted by molar-refractivity contribution is 5.94. The van der Waals surface area contributed by atoms with Gasteiger partial charge in [0.05, 0.1) is 17.7 Å². The van der Waals surface area contributed by atoms with E-state index < -0.39 is 5.92 Å². The molecule has 0 aliphatic carbocycles. The summed E-state index contributed by atoms with van der Waals surface area (Å²) < 4.78 is 1.56. The highest BCUT2D eigenvalue weighted by Crippen LogP contribution is 2.13. The third-order valence-corrected chi connectivity index (χ3v) is 3.82. The highest BCUT2D eigenvalue weighted by atomic mass is 16.2. The zero-order valence-electron chi connectivity index (χ0n) is 13.1. The van der Waals surface area contributed by atoms with E-state index in [1.165, 1.54) is 13.1 Å². The number of nitrogens with zero attached hydrogens (tertiary/aromatic N) is 4. The highest BCUT2D eigenvalue weighted by Gasteiger charge is 2.31. The lowest BCUT2D eigenvalue weighted by molar-refractivity contribution is -0.130. The van der Waals surface area contributed by atoms with Gasteiger partial charge in [-0.05, 0) is 0 Å². The zero-order chi connectivity index (χ0) is 16.3. The van der Waals surface area contributed by atoms with E-state index in [-0.39, 0.29) is 24.3 Å². The molecule has 2 heterocycles. The summed E-state index contributed by atoms with van der Waals surface area (Å²) in [5.41, 5.74) is 0.481. The van der Waals surface area contributed by atoms with E-state index in [9.17, 15) is 14.4 Å². The number of amides is 3. The molecule has 1 aliphatic rings. The van der Waals surface area contributed by atoms with Crippen molar-refractivity contribution in [2.24, 2.45) is 13.0 Å². The molecule has 0 spiro atoms. The second-order valence-corrected chi connectivity index (χ2v) is 5.43. The summed E-state index contributed by atoms with van der Waals surface area (Å²) in [5.74, 6) is -0.869. The molecule has 1 fully saturated rings. The third kappa shape index (κ3) is 3.44. The number of aryl methyl sites for hydroxylation is 1. The fourth-order valence-corrected chi connectivity index (χ4v) is 2.57. The first kappa shape index (κ1) is 16.0. The van der Waals surface area contributed by atoms with Gasteiger partial charge in [0.15, 0.2) is 0 Å². The molecular weight excluding hydrogens is 286 g/mol. The van der Waals surface area contributed by atoms with E-state index in [1.54, 1.807) is 34.8 Å². The van der Waals surface area contributed by atoms with Crippen LogP contribution < -0.4 is 5.32 Å². The van der Waals surface area contributed by atoms with Crippen molar-refractivity contribution in [3.63, 3.8) is 0 Å². The Morgan fingerprint density at radius 3 is 2.41 bits per heavy atom. The monoisotopic (exact) mass is 307 g/mol. The molecular formula is C14H21N5O3. The van der Waals surface area contributed by atoms with Gasteiger partial charge in [0, 0.05) is 53.4 Å². The minimum Gasteiger partial charge on any atom is -0.359 e. The molecule has 0 saturated carbocycles. The van der Waals surface area contributed by atoms with Crippen LogP contribution in [-0.2, 0) is 16.6 Å². The Kier molecular flexibility index (Phi) is 4.79. The minimum atomic E-state index is -0.433. The number of carbonyl (C=O) groups is 3. The van der Waals surface area contributed by atoms with Gasteiger partial charge in [-0.3, -0.25) is 19.1 Å². The molecule has 1 saturated heterocycles. The lowest BCUT2D eigenvalue weighted by Crippen LogP contribution is -2.42. The summed E-state index contributed by atoms with van der Waals surface area (Å²) in [7, 11) is 3.29. The van der Waals surface area contributed by atoms with Gasteiger partial charge >= 0.3 is 0 Å². The molecule has 1 aromatic heterocycles. The Morgan fingerprint density at radius 1 is 1.23 bits per heavy atom. The molecule has 0 bridgehead atoms. The minimum absolute atomic E-state index is 0.0930. The summed E-state index contributed by atoms with van der Waals surface area (Å²) in [6.45, 7) is 2.91. The van der Waals surface area contributed by atoms with Crippen LogP contribution in [0.25, 0.3) is 0 Å². The number of nitrogens with one attached hydrogen (secondary N) is 1. The Hall–Kier alpha value is -2.38. The Morgan fingerprint density at radius 2 is 1.86 bits per heavy atom. The molecule has 8 heteroatoms. The van der Waals surface area contributed by atoms with Crippen LogP contribution in [0.1, 0.15) is 17.3 Å². The topological polar surface area (TPSA) is 87.5 Å². The van der Waals surface area contributed by atoms with E-state index in [0.717, 1.165) is 0 Å². The molecule has 3 amide bonds. The first-order chi connectivity index (χ1) is 10.4. The van der Waals surface area contributed by atoms with Gasteiger partial charge in [-0.25, -0.2) is 0 Å². The van der Waals surface area contributed by atoms with Crippen molar-refractivity contribution < 1.29 is 14.4 Å². The second kappa shape index (κ2) is 6.59. The van der Waals surface area contributed by atoms with Gasteiger partial charge in [-0.15, -0.1) is 0 Å². The molecule has 1 N–H and O–H groups in total. The van der Waals surface area contributed by atoms with Gasteiger partial charge in [-0.2, -0.15) is 5.10 Å². The summed E-state index contributed by atoms with van der Waals surface area (Å²) in [5, 5.41) is 6.59. The third-order valence-electron chi connectivity index (χ3n) is 3.82. The van der Waals surface area contributed by atoms with Crippen molar-refractivity contribution in [3.05, 3.63) is 18.0 Å². The molecule has 0 aromatic carbocycles. The summed E-state index contributed by atoms with van der Waals surface area (Å²) in [6.07, 6.45) is 3.15. The van der Waals surface area contributed by atoms with Crippen LogP contribution in [0.3, 0.4) is 0 Å². The fraction of sp³-hybridized carbons (Fsp3) is 0.571. The van der Waals surface area contributed by atoms with Crippen LogP contribution in [-0.4, -0.2) is 70.5 Å². The number of carbonyl (C=O) groups excluding carboxylic acids is 3. The Balaban J connectivity index is 2.19. The maximum atomic E-state index is 12.5. The summed E-state index contributed by atoms with van der Waals surface area (Å²) in [4.78, 5) is 39.4. The lowest BCUT2D eigenvalue weighted by atomic mass is 10.1. The van der Waals surface area contributed by atoms with Crippen molar-refractivity contribution in [3.8, 4) is 0 Å². The van der Waals surface area contributed by atoms with Gasteiger partial charge < -0.3 is 15.1 Å². The number of hydrogen-bond donors (Lipinski definition) is 1. The van der Waals surface area contributed by atoms with Gasteiger partial charge in [0.2, 0.25) is 11.8 Å². The summed E-state index contributed by atoms with van der Waals surface area (Å²) in [6, 6.07) is 0. The molecule has 120 valence electrons. The lowest BCUT2D eigenvalue weighted by Gasteiger charge is -2.22. The Bertz CT molecular complexity index is 583. The van der Waals surface area contributed by atoms with Gasteiger partial charge in [0.1, 0.15) is 0 Å². The van der Waals surface area contributed by atoms with Crippen molar-refractivity contribution in [1.29, 1.82) is 0 Å². The largest absolute Gasteiger partial charge is 0.359 e. The quantitative estimate of drug-likeness (QED) is 0.766. The molecule has 1 aromatic rings. The second-order valence-electron chi connectivity index (χ2n) is 5.43. The van der Waals surface area contributed by atoms with E-state index in [0.29, 0.717) is 25.2 Å². The van der Waals surface area contributed by atoms with E-state index in [4.69, 9.17) is 0 Å². The van der Waals surface area contributed by atoms with Gasteiger partial charge in [-0.1, -0.05) is 0 Å². The maximum Gasteiger partial charge on any atom is 0.257 e. The Labute approximate surface area is 129 Å². The zero-order valence-corrected chi connectivity index (χ0v) is 13.1. The molecule has 0 unspecified atom stereocenters. The first-order valence-electron chi connectivity index (χ1n) is 7.17. The van der Waals surface area contributed by atoms with Crippen molar-refractivity contribution in [2.45, 2.75) is 6.92 Å². The van der Waals surface area contributed by atoms with Crippen molar-refractivity contribution in [1.82, 2.24) is 24.9 Å². The molecule has 1 aliphatic heterocycles. The normalized spacial score (nSPS) is 18.8. The predicted molar refractivity (Wildman–Crippen MR) is 78.9 cm³/mol. The number of hydrogen-bond acceptors (Lipinski definition) is 4. The summed E-state index contributed by atoms with van der Waals surface area (Å²) >= 11 is 0. The van der Waals surface area contributed by atoms with Crippen LogP contribution in [0.2, 0.25) is 0 Å². The average Bonchev–Trinajstić information content (AvgIpc) is 2.80. The molecule has 0 radical (unpaired) electrons. The van der Waals surface area contributed by atoms with E-state index in [2.05, 4.69) is 10.4 Å². The van der Waals surface area contributed by atoms with Crippen LogP contribution in [0.5, 0.6) is 0 Å². The van der Waals surface area contributed by atoms with E-state index in [1.807, 2.05) is 0 Å². The SMILES string of the molecule is CNC(=O)[C@@H]1CN(C(C)=O)CCN(C(=O)c2cnn(C)c2)C1. The van der Waals surface area contributed by atoms with Crippen LogP contribution in [0.4, 0.5) is 0 Å². The van der Waals surface area contributed by atoms with Gasteiger partial charge in [0.25, 0.3) is 5.91 Å². The van der Waals surface area contributed by atoms with Crippen LogP contribution in [0.15, 0.2) is 12.4 Å². The van der Waals surface area contributed by atoms with Crippen molar-refractivity contribution in [2.75, 3.05) is 33.2 Å². The fourth-order valence-electron chi connectivity index (χ4n) is 2.57. The smallest absolute Gasteiger partial charge is 0.257 e. The standard InChI is InChI=1S/C14H21N5O3/c1-10(20)18-4-5-19(9-12(8-18)13(21)15-2)14(22)11-6-16-17(3)7-11/h6-7,12H,4-5,8-9H2,1-3H3,(H,15,21)/t12-/m1/s1. The molecule has 1 atom stereocenters. The first-order valence-corrected chi connectivity index (χ1v) is 7.17. The van der Waals surface area contributed by atoms with Crippen molar-refractivity contribution >= 4 is 17.7 Å². The molecule has 22 heavy (non-hydrogen) atoms. The van der Waals surface area contributed by atoms with E-state index >= 15 is 0 Å². The number of rotatable bonds is 2. The maximum absolute atomic E-state index is 12.5. The number of aromatic nitrogens is 2. The average molecular weight is 307 g/mol.